The van der Waals surface area contributed by atoms with Crippen LogP contribution in [0.15, 0.2) is 36.7 Å². The largest absolute Gasteiger partial charge is 0.416 e. The Hall–Kier alpha value is -2.13. The number of halogens is 3. The molecule has 2 heterocycles. The topological polar surface area (TPSA) is 51.1 Å². The smallest absolute Gasteiger partial charge is 0.376 e. The van der Waals surface area contributed by atoms with E-state index in [1.807, 2.05) is 0 Å². The molecule has 1 aromatic carbocycles. The summed E-state index contributed by atoms with van der Waals surface area (Å²) in [6.45, 7) is 1.67. The van der Waals surface area contributed by atoms with Gasteiger partial charge in [-0.05, 0) is 42.8 Å². The van der Waals surface area contributed by atoms with E-state index in [0.717, 1.165) is 31.6 Å². The number of hydrogen-bond acceptors (Lipinski definition) is 3. The molecule has 0 unspecified atom stereocenters. The van der Waals surface area contributed by atoms with E-state index in [0.29, 0.717) is 22.9 Å². The fourth-order valence-electron chi connectivity index (χ4n) is 2.73. The molecule has 26 heavy (non-hydrogen) atoms. The molecule has 140 valence electrons. The quantitative estimate of drug-likeness (QED) is 0.774. The van der Waals surface area contributed by atoms with E-state index in [4.69, 9.17) is 17.0 Å². The Morgan fingerprint density at radius 3 is 2.96 bits per heavy atom. The molecule has 1 atom stereocenters. The van der Waals surface area contributed by atoms with Crippen molar-refractivity contribution in [2.45, 2.75) is 31.7 Å². The number of alkyl halides is 3. The van der Waals surface area contributed by atoms with Crippen LogP contribution in [0.1, 0.15) is 24.0 Å². The standard InChI is InChI=1S/C17H19F3N4OS/c18-17(19,20)13-4-1-3-12(7-13)10-24-11-14(8-22-24)23-16(26)21-9-15-5-2-6-25-15/h1,3-4,7-8,11,15H,2,5-6,9-10H2,(H2,21,23,26)/t15-/m0/s1. The highest BCUT2D eigenvalue weighted by Gasteiger charge is 2.30. The zero-order valence-corrected chi connectivity index (χ0v) is 14.7. The van der Waals surface area contributed by atoms with Crippen molar-refractivity contribution in [3.8, 4) is 0 Å². The molecule has 0 aliphatic carbocycles. The van der Waals surface area contributed by atoms with Gasteiger partial charge in [-0.25, -0.2) is 0 Å². The second kappa shape index (κ2) is 8.05. The molecule has 1 aromatic heterocycles. The van der Waals surface area contributed by atoms with Crippen molar-refractivity contribution in [1.29, 1.82) is 0 Å². The molecule has 2 N–H and O–H groups in total. The minimum Gasteiger partial charge on any atom is -0.376 e. The highest BCUT2D eigenvalue weighted by molar-refractivity contribution is 7.80. The fourth-order valence-corrected chi connectivity index (χ4v) is 2.94. The van der Waals surface area contributed by atoms with E-state index in [1.54, 1.807) is 23.1 Å². The van der Waals surface area contributed by atoms with Crippen molar-refractivity contribution >= 4 is 23.0 Å². The van der Waals surface area contributed by atoms with E-state index < -0.39 is 11.7 Å². The monoisotopic (exact) mass is 384 g/mol. The summed E-state index contributed by atoms with van der Waals surface area (Å²) < 4.78 is 45.4. The van der Waals surface area contributed by atoms with Gasteiger partial charge in [0, 0.05) is 19.3 Å². The van der Waals surface area contributed by atoms with E-state index in [-0.39, 0.29) is 12.6 Å². The van der Waals surface area contributed by atoms with Gasteiger partial charge in [0.05, 0.1) is 30.1 Å². The lowest BCUT2D eigenvalue weighted by Gasteiger charge is -2.13. The molecule has 0 saturated carbocycles. The predicted molar refractivity (Wildman–Crippen MR) is 96.0 cm³/mol. The zero-order chi connectivity index (χ0) is 18.6. The summed E-state index contributed by atoms with van der Waals surface area (Å²) >= 11 is 5.23. The first-order chi connectivity index (χ1) is 12.4. The third-order valence-corrected chi connectivity index (χ3v) is 4.25. The molecule has 9 heteroatoms. The van der Waals surface area contributed by atoms with Crippen LogP contribution in [0.3, 0.4) is 0 Å². The Morgan fingerprint density at radius 2 is 2.23 bits per heavy atom. The van der Waals surface area contributed by atoms with E-state index >= 15 is 0 Å². The lowest BCUT2D eigenvalue weighted by molar-refractivity contribution is -0.137. The molecule has 1 aliphatic heterocycles. The average molecular weight is 384 g/mol. The highest BCUT2D eigenvalue weighted by Crippen LogP contribution is 2.29. The summed E-state index contributed by atoms with van der Waals surface area (Å²) in [7, 11) is 0. The zero-order valence-electron chi connectivity index (χ0n) is 13.9. The van der Waals surface area contributed by atoms with Crippen molar-refractivity contribution in [2.75, 3.05) is 18.5 Å². The second-order valence-electron chi connectivity index (χ2n) is 6.09. The van der Waals surface area contributed by atoms with Crippen LogP contribution in [0.5, 0.6) is 0 Å². The number of thiocarbonyl (C=S) groups is 1. The molecule has 0 amide bonds. The second-order valence-corrected chi connectivity index (χ2v) is 6.50. The third-order valence-electron chi connectivity index (χ3n) is 4.00. The molecule has 2 aromatic rings. The van der Waals surface area contributed by atoms with Gasteiger partial charge in [0.1, 0.15) is 0 Å². The number of ether oxygens (including phenoxy) is 1. The molecule has 0 radical (unpaired) electrons. The molecule has 1 saturated heterocycles. The molecule has 1 aliphatic rings. The maximum Gasteiger partial charge on any atom is 0.416 e. The number of rotatable bonds is 5. The Kier molecular flexibility index (Phi) is 5.77. The molecular formula is C17H19F3N4OS. The fraction of sp³-hybridized carbons (Fsp3) is 0.412. The number of anilines is 1. The molecule has 5 nitrogen and oxygen atoms in total. The SMILES string of the molecule is FC(F)(F)c1cccc(Cn2cc(NC(=S)NC[C@@H]3CCCO3)cn2)c1. The molecular weight excluding hydrogens is 365 g/mol. The number of hydrogen-bond donors (Lipinski definition) is 2. The van der Waals surface area contributed by atoms with Gasteiger partial charge < -0.3 is 15.4 Å². The van der Waals surface area contributed by atoms with Crippen LogP contribution < -0.4 is 10.6 Å². The Bertz CT molecular complexity index is 756. The van der Waals surface area contributed by atoms with Gasteiger partial charge in [0.25, 0.3) is 0 Å². The summed E-state index contributed by atoms with van der Waals surface area (Å²) in [6, 6.07) is 5.21. The Labute approximate surface area is 154 Å². The van der Waals surface area contributed by atoms with Gasteiger partial charge in [-0.3, -0.25) is 4.68 Å². The minimum atomic E-state index is -4.35. The minimum absolute atomic E-state index is 0.179. The van der Waals surface area contributed by atoms with Crippen LogP contribution >= 0.6 is 12.2 Å². The molecule has 1 fully saturated rings. The highest BCUT2D eigenvalue weighted by atomic mass is 32.1. The van der Waals surface area contributed by atoms with Crippen LogP contribution in [-0.4, -0.2) is 34.1 Å². The van der Waals surface area contributed by atoms with Crippen molar-refractivity contribution in [2.24, 2.45) is 0 Å². The van der Waals surface area contributed by atoms with Crippen molar-refractivity contribution in [3.05, 3.63) is 47.8 Å². The lowest BCUT2D eigenvalue weighted by Crippen LogP contribution is -2.34. The Morgan fingerprint density at radius 1 is 1.38 bits per heavy atom. The van der Waals surface area contributed by atoms with Crippen LogP contribution in [-0.2, 0) is 17.5 Å². The summed E-state index contributed by atoms with van der Waals surface area (Å²) in [6.07, 6.45) is 1.18. The number of nitrogens with zero attached hydrogens (tertiary/aromatic N) is 2. The number of nitrogens with one attached hydrogen (secondary N) is 2. The van der Waals surface area contributed by atoms with Gasteiger partial charge in [0.15, 0.2) is 5.11 Å². The van der Waals surface area contributed by atoms with Gasteiger partial charge in [-0.15, -0.1) is 0 Å². The van der Waals surface area contributed by atoms with Gasteiger partial charge in [-0.1, -0.05) is 12.1 Å². The first-order valence-corrected chi connectivity index (χ1v) is 8.66. The first-order valence-electron chi connectivity index (χ1n) is 8.25. The summed E-state index contributed by atoms with van der Waals surface area (Å²) in [5, 5.41) is 10.7. The summed E-state index contributed by atoms with van der Waals surface area (Å²) in [5.41, 5.74) is 0.524. The average Bonchev–Trinajstić information content (AvgIpc) is 3.24. The van der Waals surface area contributed by atoms with Crippen LogP contribution in [0.25, 0.3) is 0 Å². The van der Waals surface area contributed by atoms with Crippen LogP contribution in [0.4, 0.5) is 18.9 Å². The summed E-state index contributed by atoms with van der Waals surface area (Å²) in [4.78, 5) is 0. The van der Waals surface area contributed by atoms with Crippen LogP contribution in [0, 0.1) is 0 Å². The van der Waals surface area contributed by atoms with Crippen molar-refractivity contribution in [3.63, 3.8) is 0 Å². The number of benzene rings is 1. The van der Waals surface area contributed by atoms with Crippen molar-refractivity contribution < 1.29 is 17.9 Å². The van der Waals surface area contributed by atoms with Gasteiger partial charge in [-0.2, -0.15) is 18.3 Å². The maximum absolute atomic E-state index is 12.8. The molecule has 0 spiro atoms. The first kappa shape index (κ1) is 18.7. The summed E-state index contributed by atoms with van der Waals surface area (Å²) in [5.74, 6) is 0. The van der Waals surface area contributed by atoms with Gasteiger partial charge in [0.2, 0.25) is 0 Å². The predicted octanol–water partition coefficient (Wildman–Crippen LogP) is 3.42. The van der Waals surface area contributed by atoms with Crippen LogP contribution in [0.2, 0.25) is 0 Å². The maximum atomic E-state index is 12.8. The van der Waals surface area contributed by atoms with Gasteiger partial charge >= 0.3 is 6.18 Å². The third kappa shape index (κ3) is 5.18. The van der Waals surface area contributed by atoms with Crippen molar-refractivity contribution in [1.82, 2.24) is 15.1 Å². The lowest BCUT2D eigenvalue weighted by atomic mass is 10.1. The molecule has 0 bridgehead atoms. The number of aromatic nitrogens is 2. The van der Waals surface area contributed by atoms with E-state index in [1.165, 1.54) is 6.07 Å². The van der Waals surface area contributed by atoms with E-state index in [2.05, 4.69) is 15.7 Å². The Balaban J connectivity index is 1.53. The normalized spacial score (nSPS) is 17.3. The molecule has 3 rings (SSSR count). The van der Waals surface area contributed by atoms with E-state index in [9.17, 15) is 13.2 Å².